The van der Waals surface area contributed by atoms with Crippen molar-refractivity contribution < 1.29 is 9.53 Å². The van der Waals surface area contributed by atoms with Gasteiger partial charge in [0.25, 0.3) is 0 Å². The average Bonchev–Trinajstić information content (AvgIpc) is 2.42. The molecule has 1 aliphatic carbocycles. The van der Waals surface area contributed by atoms with Crippen LogP contribution < -0.4 is 0 Å². The average molecular weight is 260 g/mol. The Hall–Kier alpha value is -1.31. The lowest BCUT2D eigenvalue weighted by Crippen LogP contribution is -2.19. The molecule has 0 N–H and O–H groups in total. The fourth-order valence-electron chi connectivity index (χ4n) is 3.04. The normalized spacial score (nSPS) is 23.0. The van der Waals surface area contributed by atoms with Gasteiger partial charge < -0.3 is 4.74 Å². The van der Waals surface area contributed by atoms with Gasteiger partial charge in [-0.15, -0.1) is 0 Å². The van der Waals surface area contributed by atoms with Crippen LogP contribution in [0.25, 0.3) is 0 Å². The highest BCUT2D eigenvalue weighted by Crippen LogP contribution is 2.32. The molecule has 104 valence electrons. The monoisotopic (exact) mass is 260 g/mol. The lowest BCUT2D eigenvalue weighted by atomic mass is 9.78. The van der Waals surface area contributed by atoms with E-state index in [1.54, 1.807) is 0 Å². The molecule has 2 rings (SSSR count). The van der Waals surface area contributed by atoms with Crippen molar-refractivity contribution in [3.05, 3.63) is 35.9 Å². The van der Waals surface area contributed by atoms with Crippen LogP contribution in [-0.4, -0.2) is 12.6 Å². The molecule has 0 atom stereocenters. The molecule has 1 saturated carbocycles. The van der Waals surface area contributed by atoms with Crippen LogP contribution in [0.2, 0.25) is 0 Å². The first-order chi connectivity index (χ1) is 9.28. The molecule has 1 aromatic rings. The van der Waals surface area contributed by atoms with E-state index >= 15 is 0 Å². The Morgan fingerprint density at radius 3 is 2.37 bits per heavy atom. The summed E-state index contributed by atoms with van der Waals surface area (Å²) in [6.45, 7) is 2.37. The van der Waals surface area contributed by atoms with E-state index < -0.39 is 0 Å². The molecule has 0 radical (unpaired) electrons. The summed E-state index contributed by atoms with van der Waals surface area (Å²) in [6, 6.07) is 10.7. The zero-order valence-electron chi connectivity index (χ0n) is 11.8. The van der Waals surface area contributed by atoms with E-state index in [9.17, 15) is 4.79 Å². The Balaban J connectivity index is 1.72. The van der Waals surface area contributed by atoms with E-state index in [4.69, 9.17) is 4.74 Å². The first-order valence-corrected chi connectivity index (χ1v) is 7.47. The highest BCUT2D eigenvalue weighted by molar-refractivity contribution is 5.69. The van der Waals surface area contributed by atoms with Crippen LogP contribution in [0, 0.1) is 11.8 Å². The second-order valence-electron chi connectivity index (χ2n) is 5.59. The van der Waals surface area contributed by atoms with E-state index in [-0.39, 0.29) is 5.97 Å². The summed E-state index contributed by atoms with van der Waals surface area (Å²) in [6.07, 6.45) is 6.66. The zero-order chi connectivity index (χ0) is 13.5. The lowest BCUT2D eigenvalue weighted by molar-refractivity contribution is -0.144. The largest absolute Gasteiger partial charge is 0.466 e. The minimum Gasteiger partial charge on any atom is -0.466 e. The van der Waals surface area contributed by atoms with Crippen LogP contribution >= 0.6 is 0 Å². The van der Waals surface area contributed by atoms with E-state index in [1.165, 1.54) is 37.7 Å². The third kappa shape index (κ3) is 4.70. The smallest absolute Gasteiger partial charge is 0.306 e. The molecule has 0 saturated heterocycles. The Labute approximate surface area is 116 Å². The highest BCUT2D eigenvalue weighted by Gasteiger charge is 2.23. The summed E-state index contributed by atoms with van der Waals surface area (Å²) < 4.78 is 5.03. The first kappa shape index (κ1) is 14.1. The Morgan fingerprint density at radius 2 is 1.74 bits per heavy atom. The van der Waals surface area contributed by atoms with Crippen LogP contribution in [0.3, 0.4) is 0 Å². The third-order valence-electron chi connectivity index (χ3n) is 4.09. The van der Waals surface area contributed by atoms with Crippen molar-refractivity contribution in [2.75, 3.05) is 6.61 Å². The minimum absolute atomic E-state index is 0.0194. The molecule has 0 amide bonds. The summed E-state index contributed by atoms with van der Waals surface area (Å²) in [5.74, 6) is 1.32. The number of carbonyl (C=O) groups is 1. The summed E-state index contributed by atoms with van der Waals surface area (Å²) >= 11 is 0. The third-order valence-corrected chi connectivity index (χ3v) is 4.09. The topological polar surface area (TPSA) is 26.3 Å². The van der Waals surface area contributed by atoms with Crippen molar-refractivity contribution >= 4 is 5.97 Å². The van der Waals surface area contributed by atoms with Gasteiger partial charge in [0.15, 0.2) is 0 Å². The Bertz CT molecular complexity index is 378. The van der Waals surface area contributed by atoms with Crippen LogP contribution in [0.1, 0.15) is 44.6 Å². The molecule has 0 aliphatic heterocycles. The molecule has 0 aromatic heterocycles. The highest BCUT2D eigenvalue weighted by atomic mass is 16.5. The number of carbonyl (C=O) groups excluding carboxylic acids is 1. The molecule has 1 fully saturated rings. The van der Waals surface area contributed by atoms with Gasteiger partial charge in [0.1, 0.15) is 0 Å². The van der Waals surface area contributed by atoms with Crippen LogP contribution in [0.5, 0.6) is 0 Å². The molecule has 0 heterocycles. The molecule has 0 bridgehead atoms. The van der Waals surface area contributed by atoms with Gasteiger partial charge in [-0.05, 0) is 56.4 Å². The van der Waals surface area contributed by atoms with Crippen molar-refractivity contribution in [3.8, 4) is 0 Å². The molecular formula is C17H24O2. The predicted molar refractivity (Wildman–Crippen MR) is 76.8 cm³/mol. The second kappa shape index (κ2) is 7.32. The lowest BCUT2D eigenvalue weighted by Gasteiger charge is -2.28. The van der Waals surface area contributed by atoms with Crippen molar-refractivity contribution in [1.82, 2.24) is 0 Å². The quantitative estimate of drug-likeness (QED) is 0.748. The second-order valence-corrected chi connectivity index (χ2v) is 5.59. The molecule has 2 nitrogen and oxygen atoms in total. The van der Waals surface area contributed by atoms with Gasteiger partial charge in [0.2, 0.25) is 0 Å². The van der Waals surface area contributed by atoms with E-state index in [0.29, 0.717) is 18.9 Å². The van der Waals surface area contributed by atoms with Crippen LogP contribution in [0.15, 0.2) is 30.3 Å². The predicted octanol–water partition coefficient (Wildman–Crippen LogP) is 3.99. The first-order valence-electron chi connectivity index (χ1n) is 7.47. The summed E-state index contributed by atoms with van der Waals surface area (Å²) in [5.41, 5.74) is 1.44. The maximum atomic E-state index is 11.5. The number of rotatable bonds is 5. The number of ether oxygens (including phenoxy) is 1. The van der Waals surface area contributed by atoms with Crippen molar-refractivity contribution in [2.24, 2.45) is 11.8 Å². The number of esters is 1. The minimum atomic E-state index is -0.0194. The van der Waals surface area contributed by atoms with E-state index in [1.807, 2.05) is 6.92 Å². The van der Waals surface area contributed by atoms with Gasteiger partial charge >= 0.3 is 5.97 Å². The molecule has 0 spiro atoms. The van der Waals surface area contributed by atoms with Gasteiger partial charge in [0.05, 0.1) is 6.61 Å². The maximum Gasteiger partial charge on any atom is 0.306 e. The van der Waals surface area contributed by atoms with Crippen molar-refractivity contribution in [1.29, 1.82) is 0 Å². The van der Waals surface area contributed by atoms with Gasteiger partial charge in [-0.3, -0.25) is 4.79 Å². The molecule has 19 heavy (non-hydrogen) atoms. The Kier molecular flexibility index (Phi) is 5.44. The fourth-order valence-corrected chi connectivity index (χ4v) is 3.04. The summed E-state index contributed by atoms with van der Waals surface area (Å²) in [7, 11) is 0. The molecule has 0 unspecified atom stereocenters. The van der Waals surface area contributed by atoms with Gasteiger partial charge in [-0.2, -0.15) is 0 Å². The van der Waals surface area contributed by atoms with Crippen LogP contribution in [0.4, 0.5) is 0 Å². The fraction of sp³-hybridized carbons (Fsp3) is 0.588. The maximum absolute atomic E-state index is 11.5. The molecule has 1 aromatic carbocycles. The molecule has 1 aliphatic rings. The number of hydrogen-bond acceptors (Lipinski definition) is 2. The van der Waals surface area contributed by atoms with E-state index in [2.05, 4.69) is 30.3 Å². The van der Waals surface area contributed by atoms with Gasteiger partial charge in [-0.1, -0.05) is 30.3 Å². The van der Waals surface area contributed by atoms with Gasteiger partial charge in [0, 0.05) is 6.42 Å². The number of hydrogen-bond donors (Lipinski definition) is 0. The zero-order valence-corrected chi connectivity index (χ0v) is 11.8. The Morgan fingerprint density at radius 1 is 1.11 bits per heavy atom. The SMILES string of the molecule is CCOC(=O)CC1CCC(Cc2ccccc2)CC1. The van der Waals surface area contributed by atoms with Crippen molar-refractivity contribution in [3.63, 3.8) is 0 Å². The summed E-state index contributed by atoms with van der Waals surface area (Å²) in [5, 5.41) is 0. The number of benzene rings is 1. The van der Waals surface area contributed by atoms with Gasteiger partial charge in [-0.25, -0.2) is 0 Å². The standard InChI is InChI=1S/C17H24O2/c1-2-19-17(18)13-16-10-8-15(9-11-16)12-14-6-4-3-5-7-14/h3-7,15-16H,2,8-13H2,1H3. The van der Waals surface area contributed by atoms with Crippen molar-refractivity contribution in [2.45, 2.75) is 45.4 Å². The molecular weight excluding hydrogens is 236 g/mol. The summed E-state index contributed by atoms with van der Waals surface area (Å²) in [4.78, 5) is 11.5. The molecule has 2 heteroatoms. The van der Waals surface area contributed by atoms with E-state index in [0.717, 1.165) is 5.92 Å². The van der Waals surface area contributed by atoms with Crippen LogP contribution in [-0.2, 0) is 16.0 Å².